The molecule has 3 rings (SSSR count). The van der Waals surface area contributed by atoms with Crippen molar-refractivity contribution in [1.29, 1.82) is 0 Å². The minimum atomic E-state index is -0.129. The fourth-order valence-corrected chi connectivity index (χ4v) is 6.04. The quantitative estimate of drug-likeness (QED) is 0.217. The lowest BCUT2D eigenvalue weighted by molar-refractivity contribution is 0.185. The zero-order valence-corrected chi connectivity index (χ0v) is 20.2. The van der Waals surface area contributed by atoms with E-state index in [9.17, 15) is 4.39 Å². The van der Waals surface area contributed by atoms with E-state index in [-0.39, 0.29) is 5.82 Å². The van der Waals surface area contributed by atoms with Gasteiger partial charge in [-0.1, -0.05) is 101 Å². The Morgan fingerprint density at radius 3 is 2.06 bits per heavy atom. The van der Waals surface area contributed by atoms with E-state index in [2.05, 4.69) is 13.0 Å². The molecule has 1 aromatic carbocycles. The Kier molecular flexibility index (Phi) is 11.2. The highest BCUT2D eigenvalue weighted by Crippen LogP contribution is 2.41. The minimum absolute atomic E-state index is 0.129. The number of benzene rings is 1. The molecule has 1 aromatic rings. The summed E-state index contributed by atoms with van der Waals surface area (Å²) in [6.45, 7) is 2.30. The van der Waals surface area contributed by atoms with Gasteiger partial charge in [-0.15, -0.1) is 0 Å². The smallest absolute Gasteiger partial charge is 0.123 e. The molecule has 2 aliphatic rings. The topological polar surface area (TPSA) is 0 Å². The average molecular weight is 427 g/mol. The molecule has 1 atom stereocenters. The molecule has 0 N–H and O–H groups in total. The van der Waals surface area contributed by atoms with Crippen LogP contribution in [0, 0.1) is 23.6 Å². The molecule has 0 saturated heterocycles. The highest BCUT2D eigenvalue weighted by Gasteiger charge is 2.28. The van der Waals surface area contributed by atoms with Crippen LogP contribution in [-0.2, 0) is 6.42 Å². The van der Waals surface area contributed by atoms with Crippen LogP contribution in [0.5, 0.6) is 0 Å². The number of hydrogen-bond acceptors (Lipinski definition) is 0. The van der Waals surface area contributed by atoms with Gasteiger partial charge in [0.2, 0.25) is 0 Å². The normalized spacial score (nSPS) is 24.2. The molecule has 1 unspecified atom stereocenters. The van der Waals surface area contributed by atoms with Crippen LogP contribution in [0.4, 0.5) is 4.39 Å². The lowest BCUT2D eigenvalue weighted by Gasteiger charge is -2.35. The van der Waals surface area contributed by atoms with Gasteiger partial charge in [-0.25, -0.2) is 4.39 Å². The summed E-state index contributed by atoms with van der Waals surface area (Å²) in [7, 11) is 0. The van der Waals surface area contributed by atoms with Gasteiger partial charge in [-0.2, -0.15) is 0 Å². The van der Waals surface area contributed by atoms with Gasteiger partial charge in [0.1, 0.15) is 5.82 Å². The van der Waals surface area contributed by atoms with Crippen molar-refractivity contribution in [3.8, 4) is 0 Å². The van der Waals surface area contributed by atoms with E-state index in [0.717, 1.165) is 30.6 Å². The summed E-state index contributed by atoms with van der Waals surface area (Å²) < 4.78 is 13.1. The van der Waals surface area contributed by atoms with Gasteiger partial charge in [0, 0.05) is 0 Å². The van der Waals surface area contributed by atoms with Crippen LogP contribution < -0.4 is 0 Å². The van der Waals surface area contributed by atoms with Crippen LogP contribution in [0.3, 0.4) is 0 Å². The van der Waals surface area contributed by atoms with Crippen molar-refractivity contribution >= 4 is 0 Å². The summed E-state index contributed by atoms with van der Waals surface area (Å²) in [5.74, 6) is 2.83. The third-order valence-corrected chi connectivity index (χ3v) is 8.22. The maximum absolute atomic E-state index is 13.1. The van der Waals surface area contributed by atoms with Gasteiger partial charge in [0.15, 0.2) is 0 Å². The van der Waals surface area contributed by atoms with Crippen molar-refractivity contribution in [1.82, 2.24) is 0 Å². The molecule has 2 aliphatic carbocycles. The van der Waals surface area contributed by atoms with E-state index in [1.807, 2.05) is 12.1 Å². The second-order valence-electron chi connectivity index (χ2n) is 10.6. The summed E-state index contributed by atoms with van der Waals surface area (Å²) in [4.78, 5) is 0. The monoisotopic (exact) mass is 426 g/mol. The third kappa shape index (κ3) is 9.11. The van der Waals surface area contributed by atoms with E-state index >= 15 is 0 Å². The SMILES string of the molecule is CCCCCCCCCCC1CCC(C2CC=C(CCc3ccc(F)cc3)CC2)CC1. The fourth-order valence-electron chi connectivity index (χ4n) is 6.04. The number of halogens is 1. The summed E-state index contributed by atoms with van der Waals surface area (Å²) in [5, 5.41) is 0. The third-order valence-electron chi connectivity index (χ3n) is 8.22. The number of hydrogen-bond donors (Lipinski definition) is 0. The molecular formula is C30H47F. The van der Waals surface area contributed by atoms with E-state index in [4.69, 9.17) is 0 Å². The molecule has 0 heterocycles. The highest BCUT2D eigenvalue weighted by atomic mass is 19.1. The Morgan fingerprint density at radius 1 is 0.742 bits per heavy atom. The summed E-state index contributed by atoms with van der Waals surface area (Å²) >= 11 is 0. The fraction of sp³-hybridized carbons (Fsp3) is 0.733. The van der Waals surface area contributed by atoms with Crippen LogP contribution in [0.2, 0.25) is 0 Å². The summed E-state index contributed by atoms with van der Waals surface area (Å²) in [6, 6.07) is 7.05. The zero-order valence-electron chi connectivity index (χ0n) is 20.2. The van der Waals surface area contributed by atoms with Crippen molar-refractivity contribution in [3.05, 3.63) is 47.3 Å². The Balaban J connectivity index is 1.25. The maximum atomic E-state index is 13.1. The largest absolute Gasteiger partial charge is 0.207 e. The van der Waals surface area contributed by atoms with E-state index in [0.29, 0.717) is 0 Å². The molecule has 31 heavy (non-hydrogen) atoms. The molecule has 1 heteroatoms. The molecule has 1 saturated carbocycles. The van der Waals surface area contributed by atoms with Gasteiger partial charge < -0.3 is 0 Å². The zero-order chi connectivity index (χ0) is 21.7. The Hall–Kier alpha value is -1.11. The molecule has 0 aromatic heterocycles. The average Bonchev–Trinajstić information content (AvgIpc) is 2.81. The number of allylic oxidation sites excluding steroid dienone is 2. The second-order valence-corrected chi connectivity index (χ2v) is 10.6. The molecule has 0 aliphatic heterocycles. The lowest BCUT2D eigenvalue weighted by Crippen LogP contribution is -2.23. The minimum Gasteiger partial charge on any atom is -0.207 e. The first-order valence-electron chi connectivity index (χ1n) is 13.7. The van der Waals surface area contributed by atoms with E-state index in [1.54, 1.807) is 17.7 Å². The first kappa shape index (κ1) is 24.5. The molecule has 0 bridgehead atoms. The number of aryl methyl sites for hydroxylation is 1. The van der Waals surface area contributed by atoms with Gasteiger partial charge in [-0.05, 0) is 80.4 Å². The van der Waals surface area contributed by atoms with Crippen molar-refractivity contribution in [3.63, 3.8) is 0 Å². The Morgan fingerprint density at radius 2 is 1.42 bits per heavy atom. The standard InChI is InChI=1S/C30H47F/c1-2-3-4-5-6-7-8-9-10-25-13-19-28(20-14-25)29-21-15-26(16-22-29)11-12-27-17-23-30(31)24-18-27/h15,17-18,23-25,28-29H,2-14,16,19-22H2,1H3. The predicted molar refractivity (Wildman–Crippen MR) is 133 cm³/mol. The Bertz CT molecular complexity index is 620. The Labute approximate surface area is 192 Å². The maximum Gasteiger partial charge on any atom is 0.123 e. The van der Waals surface area contributed by atoms with Crippen LogP contribution in [-0.4, -0.2) is 0 Å². The number of unbranched alkanes of at least 4 members (excludes halogenated alkanes) is 7. The highest BCUT2D eigenvalue weighted by molar-refractivity contribution is 5.18. The van der Waals surface area contributed by atoms with Gasteiger partial charge in [0.05, 0.1) is 0 Å². The summed E-state index contributed by atoms with van der Waals surface area (Å²) in [5.41, 5.74) is 2.91. The van der Waals surface area contributed by atoms with Gasteiger partial charge in [-0.3, -0.25) is 0 Å². The second kappa shape index (κ2) is 14.1. The lowest BCUT2D eigenvalue weighted by atomic mass is 9.70. The van der Waals surface area contributed by atoms with Gasteiger partial charge >= 0.3 is 0 Å². The first-order valence-corrected chi connectivity index (χ1v) is 13.7. The molecular weight excluding hydrogens is 379 g/mol. The van der Waals surface area contributed by atoms with Crippen molar-refractivity contribution in [2.75, 3.05) is 0 Å². The van der Waals surface area contributed by atoms with E-state index < -0.39 is 0 Å². The van der Waals surface area contributed by atoms with Crippen LogP contribution in [0.15, 0.2) is 35.9 Å². The molecule has 174 valence electrons. The summed E-state index contributed by atoms with van der Waals surface area (Å²) in [6.07, 6.45) is 27.9. The van der Waals surface area contributed by atoms with Crippen LogP contribution >= 0.6 is 0 Å². The van der Waals surface area contributed by atoms with E-state index in [1.165, 1.54) is 108 Å². The molecule has 0 radical (unpaired) electrons. The molecule has 1 fully saturated rings. The van der Waals surface area contributed by atoms with Crippen LogP contribution in [0.1, 0.15) is 122 Å². The van der Waals surface area contributed by atoms with Crippen molar-refractivity contribution in [2.45, 2.75) is 122 Å². The molecule has 0 spiro atoms. The predicted octanol–water partition coefficient (Wildman–Crippen LogP) is 9.82. The van der Waals surface area contributed by atoms with Crippen molar-refractivity contribution < 1.29 is 4.39 Å². The van der Waals surface area contributed by atoms with Gasteiger partial charge in [0.25, 0.3) is 0 Å². The number of rotatable bonds is 13. The van der Waals surface area contributed by atoms with Crippen LogP contribution in [0.25, 0.3) is 0 Å². The first-order chi connectivity index (χ1) is 15.2. The van der Waals surface area contributed by atoms with Crippen molar-refractivity contribution in [2.24, 2.45) is 17.8 Å². The molecule has 0 nitrogen and oxygen atoms in total. The molecule has 0 amide bonds.